The third-order valence-electron chi connectivity index (χ3n) is 3.36. The second-order valence-corrected chi connectivity index (χ2v) is 5.52. The average Bonchev–Trinajstić information content (AvgIpc) is 2.35. The first-order chi connectivity index (χ1) is 8.50. The monoisotopic (exact) mass is 304 g/mol. The lowest BCUT2D eigenvalue weighted by Gasteiger charge is -2.16. The molecule has 2 aromatic rings. The Hall–Kier alpha value is -1.12. The second kappa shape index (κ2) is 5.25. The summed E-state index contributed by atoms with van der Waals surface area (Å²) in [6.45, 7) is 6.17. The van der Waals surface area contributed by atoms with Crippen molar-refractivity contribution in [3.8, 4) is 0 Å². The predicted molar refractivity (Wildman–Crippen MR) is 78.9 cm³/mol. The maximum atomic E-state index is 10.5. The highest BCUT2D eigenvalue weighted by molar-refractivity contribution is 9.10. The van der Waals surface area contributed by atoms with Crippen LogP contribution in [0, 0.1) is 20.8 Å². The number of aliphatic hydroxyl groups excluding tert-OH is 1. The van der Waals surface area contributed by atoms with Crippen molar-refractivity contribution in [2.45, 2.75) is 26.9 Å². The Morgan fingerprint density at radius 2 is 1.67 bits per heavy atom. The summed E-state index contributed by atoms with van der Waals surface area (Å²) >= 11 is 3.55. The molecule has 1 atom stereocenters. The van der Waals surface area contributed by atoms with E-state index in [0.717, 1.165) is 21.2 Å². The normalized spacial score (nSPS) is 12.5. The first-order valence-electron chi connectivity index (χ1n) is 6.01. The number of halogens is 1. The van der Waals surface area contributed by atoms with Gasteiger partial charge in [0, 0.05) is 4.47 Å². The zero-order valence-electron chi connectivity index (χ0n) is 10.9. The summed E-state index contributed by atoms with van der Waals surface area (Å²) in [5.41, 5.74) is 5.43. The molecule has 0 fully saturated rings. The van der Waals surface area contributed by atoms with E-state index < -0.39 is 6.10 Å². The van der Waals surface area contributed by atoms with Crippen LogP contribution >= 0.6 is 15.9 Å². The topological polar surface area (TPSA) is 20.2 Å². The molecule has 1 N–H and O–H groups in total. The molecule has 0 radical (unpaired) electrons. The quantitative estimate of drug-likeness (QED) is 0.868. The van der Waals surface area contributed by atoms with E-state index in [0.29, 0.717) is 0 Å². The Balaban J connectivity index is 2.44. The number of aliphatic hydroxyl groups is 1. The molecule has 18 heavy (non-hydrogen) atoms. The van der Waals surface area contributed by atoms with Crippen LogP contribution in [0.25, 0.3) is 0 Å². The fourth-order valence-electron chi connectivity index (χ4n) is 2.00. The van der Waals surface area contributed by atoms with Crippen LogP contribution in [0.4, 0.5) is 0 Å². The summed E-state index contributed by atoms with van der Waals surface area (Å²) in [5, 5.41) is 10.5. The van der Waals surface area contributed by atoms with Crippen molar-refractivity contribution in [3.63, 3.8) is 0 Å². The van der Waals surface area contributed by atoms with Crippen LogP contribution in [0.1, 0.15) is 33.9 Å². The highest BCUT2D eigenvalue weighted by Gasteiger charge is 2.14. The molecule has 0 aliphatic rings. The smallest absolute Gasteiger partial charge is 0.105 e. The van der Waals surface area contributed by atoms with Crippen molar-refractivity contribution in [1.82, 2.24) is 0 Å². The predicted octanol–water partition coefficient (Wildman–Crippen LogP) is 4.46. The number of hydrogen-bond acceptors (Lipinski definition) is 1. The molecule has 0 aliphatic heterocycles. The van der Waals surface area contributed by atoms with Crippen molar-refractivity contribution in [2.75, 3.05) is 0 Å². The van der Waals surface area contributed by atoms with Gasteiger partial charge in [0.1, 0.15) is 6.10 Å². The van der Waals surface area contributed by atoms with Gasteiger partial charge in [-0.25, -0.2) is 0 Å². The third-order valence-corrected chi connectivity index (χ3v) is 4.45. The van der Waals surface area contributed by atoms with Gasteiger partial charge in [-0.15, -0.1) is 0 Å². The maximum Gasteiger partial charge on any atom is 0.105 e. The van der Waals surface area contributed by atoms with Gasteiger partial charge in [-0.3, -0.25) is 0 Å². The van der Waals surface area contributed by atoms with Gasteiger partial charge in [0.05, 0.1) is 0 Å². The van der Waals surface area contributed by atoms with Gasteiger partial charge >= 0.3 is 0 Å². The van der Waals surface area contributed by atoms with Crippen LogP contribution in [0.15, 0.2) is 40.9 Å². The van der Waals surface area contributed by atoms with E-state index in [1.807, 2.05) is 31.2 Å². The van der Waals surface area contributed by atoms with Crippen molar-refractivity contribution in [2.24, 2.45) is 0 Å². The molecule has 94 valence electrons. The zero-order valence-corrected chi connectivity index (χ0v) is 12.5. The number of aryl methyl sites for hydroxylation is 3. The number of hydrogen-bond donors (Lipinski definition) is 1. The van der Waals surface area contributed by atoms with Crippen LogP contribution in [-0.2, 0) is 0 Å². The minimum Gasteiger partial charge on any atom is -0.384 e. The fraction of sp³-hybridized carbons (Fsp3) is 0.250. The van der Waals surface area contributed by atoms with E-state index in [1.54, 1.807) is 0 Å². The lowest BCUT2D eigenvalue weighted by Crippen LogP contribution is -2.02. The molecule has 0 amide bonds. The van der Waals surface area contributed by atoms with Gasteiger partial charge < -0.3 is 5.11 Å². The van der Waals surface area contributed by atoms with Crippen molar-refractivity contribution >= 4 is 15.9 Å². The number of benzene rings is 2. The average molecular weight is 305 g/mol. The van der Waals surface area contributed by atoms with E-state index in [1.165, 1.54) is 11.1 Å². The number of rotatable bonds is 2. The summed E-state index contributed by atoms with van der Waals surface area (Å²) in [6, 6.07) is 12.0. The first-order valence-corrected chi connectivity index (χ1v) is 6.80. The highest BCUT2D eigenvalue weighted by Crippen LogP contribution is 2.31. The molecule has 1 nitrogen and oxygen atoms in total. The Kier molecular flexibility index (Phi) is 3.88. The molecule has 0 saturated heterocycles. The Bertz CT molecular complexity index is 575. The summed E-state index contributed by atoms with van der Waals surface area (Å²) in [4.78, 5) is 0. The molecule has 0 heterocycles. The molecule has 0 spiro atoms. The molecule has 1 unspecified atom stereocenters. The van der Waals surface area contributed by atoms with E-state index in [2.05, 4.69) is 41.9 Å². The van der Waals surface area contributed by atoms with Crippen LogP contribution in [0.5, 0.6) is 0 Å². The van der Waals surface area contributed by atoms with Crippen LogP contribution in [0.2, 0.25) is 0 Å². The molecule has 2 aromatic carbocycles. The summed E-state index contributed by atoms with van der Waals surface area (Å²) in [7, 11) is 0. The molecule has 0 bridgehead atoms. The van der Waals surface area contributed by atoms with E-state index in [9.17, 15) is 5.11 Å². The Morgan fingerprint density at radius 1 is 0.944 bits per heavy atom. The van der Waals surface area contributed by atoms with E-state index >= 15 is 0 Å². The summed E-state index contributed by atoms with van der Waals surface area (Å²) < 4.78 is 0.982. The first kappa shape index (κ1) is 13.3. The molecule has 0 saturated carbocycles. The highest BCUT2D eigenvalue weighted by atomic mass is 79.9. The van der Waals surface area contributed by atoms with Crippen LogP contribution in [0.3, 0.4) is 0 Å². The summed E-state index contributed by atoms with van der Waals surface area (Å²) in [6.07, 6.45) is -0.585. The van der Waals surface area contributed by atoms with E-state index in [-0.39, 0.29) is 0 Å². The van der Waals surface area contributed by atoms with Gasteiger partial charge in [-0.1, -0.05) is 52.3 Å². The van der Waals surface area contributed by atoms with Crippen molar-refractivity contribution in [3.05, 3.63) is 68.7 Å². The van der Waals surface area contributed by atoms with Gasteiger partial charge in [0.25, 0.3) is 0 Å². The maximum absolute atomic E-state index is 10.5. The van der Waals surface area contributed by atoms with Crippen molar-refractivity contribution in [1.29, 1.82) is 0 Å². The minimum atomic E-state index is -0.585. The van der Waals surface area contributed by atoms with Crippen molar-refractivity contribution < 1.29 is 5.11 Å². The lowest BCUT2D eigenvalue weighted by molar-refractivity contribution is 0.219. The molecule has 2 rings (SSSR count). The Morgan fingerprint density at radius 3 is 2.33 bits per heavy atom. The lowest BCUT2D eigenvalue weighted by atomic mass is 9.97. The molecule has 0 aromatic heterocycles. The zero-order chi connectivity index (χ0) is 13.3. The standard InChI is InChI=1S/C16H17BrO/c1-10-7-8-13(9-12(10)3)16(18)14-6-4-5-11(2)15(14)17/h4-9,16,18H,1-3H3. The SMILES string of the molecule is Cc1ccc(C(O)c2cccc(C)c2Br)cc1C. The molecular weight excluding hydrogens is 288 g/mol. The van der Waals surface area contributed by atoms with Gasteiger partial charge in [-0.2, -0.15) is 0 Å². The molecule has 0 aliphatic carbocycles. The Labute approximate surface area is 117 Å². The van der Waals surface area contributed by atoms with Gasteiger partial charge in [0.15, 0.2) is 0 Å². The van der Waals surface area contributed by atoms with Gasteiger partial charge in [-0.05, 0) is 48.6 Å². The summed E-state index contributed by atoms with van der Waals surface area (Å²) in [5.74, 6) is 0. The molecule has 2 heteroatoms. The third kappa shape index (κ3) is 2.50. The van der Waals surface area contributed by atoms with Crippen LogP contribution < -0.4 is 0 Å². The van der Waals surface area contributed by atoms with E-state index in [4.69, 9.17) is 0 Å². The fourth-order valence-corrected chi connectivity index (χ4v) is 2.48. The minimum absolute atomic E-state index is 0.585. The second-order valence-electron chi connectivity index (χ2n) is 4.72. The largest absolute Gasteiger partial charge is 0.384 e. The molecular formula is C16H17BrO. The van der Waals surface area contributed by atoms with Crippen LogP contribution in [-0.4, -0.2) is 5.11 Å². The van der Waals surface area contributed by atoms with Gasteiger partial charge in [0.2, 0.25) is 0 Å².